The number of carbonyl (C=O) groups excluding carboxylic acids is 1. The Morgan fingerprint density at radius 1 is 1.14 bits per heavy atom. The highest BCUT2D eigenvalue weighted by Crippen LogP contribution is 2.34. The van der Waals surface area contributed by atoms with Crippen LogP contribution in [0.1, 0.15) is 43.6 Å². The minimum Gasteiger partial charge on any atom is -0.478 e. The van der Waals surface area contributed by atoms with Crippen LogP contribution < -0.4 is 5.32 Å². The largest absolute Gasteiger partial charge is 0.478 e. The summed E-state index contributed by atoms with van der Waals surface area (Å²) in [5, 5.41) is 27.6. The fourth-order valence-electron chi connectivity index (χ4n) is 4.01. The Labute approximate surface area is 212 Å². The van der Waals surface area contributed by atoms with E-state index in [0.717, 1.165) is 4.90 Å². The summed E-state index contributed by atoms with van der Waals surface area (Å²) < 4.78 is 43.9. The number of fused-ring (bicyclic) bond motifs is 1. The molecule has 1 amide bonds. The van der Waals surface area contributed by atoms with Gasteiger partial charge in [0.15, 0.2) is 5.60 Å². The average molecular weight is 521 g/mol. The number of hydrogen-bond acceptors (Lipinski definition) is 5. The molecule has 3 N–H and O–H groups in total. The molecule has 8 nitrogen and oxygen atoms in total. The number of carbonyl (C=O) groups is 2. The maximum atomic E-state index is 14.1. The predicted molar refractivity (Wildman–Crippen MR) is 134 cm³/mol. The molecule has 1 unspecified atom stereocenters. The van der Waals surface area contributed by atoms with Gasteiger partial charge in [0.2, 0.25) is 5.91 Å². The summed E-state index contributed by atoms with van der Waals surface area (Å²) in [6, 6.07) is 9.00. The molecule has 0 saturated heterocycles. The van der Waals surface area contributed by atoms with Crippen LogP contribution in [-0.4, -0.2) is 67.7 Å². The van der Waals surface area contributed by atoms with E-state index in [1.54, 1.807) is 58.9 Å². The van der Waals surface area contributed by atoms with Gasteiger partial charge in [-0.3, -0.25) is 4.79 Å². The number of alkyl halides is 3. The van der Waals surface area contributed by atoms with Gasteiger partial charge < -0.3 is 20.4 Å². The first-order chi connectivity index (χ1) is 17.1. The number of carboxylic acids is 1. The van der Waals surface area contributed by atoms with E-state index in [2.05, 4.69) is 10.4 Å². The van der Waals surface area contributed by atoms with Crippen molar-refractivity contribution in [1.29, 1.82) is 0 Å². The molecule has 3 aromatic rings. The summed E-state index contributed by atoms with van der Waals surface area (Å²) in [4.78, 5) is 25.0. The molecule has 11 heteroatoms. The average Bonchev–Trinajstić information content (AvgIpc) is 3.23. The van der Waals surface area contributed by atoms with Crippen molar-refractivity contribution in [3.8, 4) is 5.69 Å². The third-order valence-electron chi connectivity index (χ3n) is 6.10. The SMILES string of the molecule is Cc1cc(NCC(O)(CN(C(=O)C(C)C)C(C)C)C(F)(F)F)c2cnn(-c3cccc(C(=O)O)c3)c2c1. The fourth-order valence-corrected chi connectivity index (χ4v) is 4.01. The van der Waals surface area contributed by atoms with Crippen LogP contribution in [-0.2, 0) is 4.79 Å². The highest BCUT2D eigenvalue weighted by atomic mass is 19.4. The predicted octanol–water partition coefficient (Wildman–Crippen LogP) is 4.63. The molecule has 0 fully saturated rings. The number of aromatic nitrogens is 2. The lowest BCUT2D eigenvalue weighted by Crippen LogP contribution is -2.60. The van der Waals surface area contributed by atoms with Gasteiger partial charge in [-0.2, -0.15) is 18.3 Å². The van der Waals surface area contributed by atoms with Crippen molar-refractivity contribution in [2.24, 2.45) is 5.92 Å². The molecule has 0 radical (unpaired) electrons. The Balaban J connectivity index is 1.98. The lowest BCUT2D eigenvalue weighted by atomic mass is 9.99. The van der Waals surface area contributed by atoms with Gasteiger partial charge in [0.1, 0.15) is 0 Å². The van der Waals surface area contributed by atoms with Crippen LogP contribution in [0.25, 0.3) is 16.6 Å². The second kappa shape index (κ2) is 10.4. The number of nitrogens with one attached hydrogen (secondary N) is 1. The molecule has 0 bridgehead atoms. The van der Waals surface area contributed by atoms with E-state index in [4.69, 9.17) is 0 Å². The summed E-state index contributed by atoms with van der Waals surface area (Å²) in [5.41, 5.74) is -1.13. The highest BCUT2D eigenvalue weighted by Gasteiger charge is 2.55. The molecule has 37 heavy (non-hydrogen) atoms. The standard InChI is InChI=1S/C26H31F3N4O4/c1-15(2)23(34)32(16(3)4)14-25(37,26(27,28)29)13-30-21-9-17(5)10-22-20(21)12-31-33(22)19-8-6-7-18(11-19)24(35)36/h6-12,15-16,30,37H,13-14H2,1-5H3,(H,35,36). The number of aromatic carboxylic acids is 1. The molecule has 0 aliphatic heterocycles. The number of aliphatic hydroxyl groups is 1. The number of hydrogen-bond donors (Lipinski definition) is 3. The first kappa shape index (κ1) is 28.0. The van der Waals surface area contributed by atoms with Crippen molar-refractivity contribution >= 4 is 28.5 Å². The van der Waals surface area contributed by atoms with Crippen LogP contribution in [0.4, 0.5) is 18.9 Å². The van der Waals surface area contributed by atoms with E-state index in [1.165, 1.54) is 23.0 Å². The highest BCUT2D eigenvalue weighted by molar-refractivity contribution is 5.93. The zero-order valence-corrected chi connectivity index (χ0v) is 21.3. The molecular formula is C26H31F3N4O4. The number of carboxylic acid groups (broad SMARTS) is 1. The second-order valence-electron chi connectivity index (χ2n) is 9.75. The zero-order chi connectivity index (χ0) is 27.7. The van der Waals surface area contributed by atoms with Crippen molar-refractivity contribution in [2.45, 2.75) is 52.4 Å². The minimum atomic E-state index is -5.02. The molecule has 0 saturated carbocycles. The van der Waals surface area contributed by atoms with Crippen LogP contribution in [0.2, 0.25) is 0 Å². The number of amides is 1. The topological polar surface area (TPSA) is 108 Å². The molecule has 0 spiro atoms. The Kier molecular flexibility index (Phi) is 7.87. The van der Waals surface area contributed by atoms with E-state index >= 15 is 0 Å². The number of aryl methyl sites for hydroxylation is 1. The normalized spacial score (nSPS) is 13.7. The quantitative estimate of drug-likeness (QED) is 0.380. The third-order valence-corrected chi connectivity index (χ3v) is 6.10. The summed E-state index contributed by atoms with van der Waals surface area (Å²) in [6.07, 6.45) is -3.56. The molecule has 1 aromatic heterocycles. The van der Waals surface area contributed by atoms with Crippen LogP contribution >= 0.6 is 0 Å². The van der Waals surface area contributed by atoms with Gasteiger partial charge in [-0.25, -0.2) is 9.48 Å². The lowest BCUT2D eigenvalue weighted by molar-refractivity contribution is -0.259. The van der Waals surface area contributed by atoms with E-state index < -0.39 is 48.7 Å². The number of nitrogens with zero attached hydrogens (tertiary/aromatic N) is 3. The van der Waals surface area contributed by atoms with E-state index in [-0.39, 0.29) is 5.56 Å². The Bertz CT molecular complexity index is 1300. The smallest absolute Gasteiger partial charge is 0.420 e. The number of halogens is 3. The van der Waals surface area contributed by atoms with Gasteiger partial charge in [0, 0.05) is 23.0 Å². The van der Waals surface area contributed by atoms with Gasteiger partial charge >= 0.3 is 12.1 Å². The number of rotatable bonds is 9. The molecule has 2 aromatic carbocycles. The molecule has 200 valence electrons. The van der Waals surface area contributed by atoms with Gasteiger partial charge in [-0.1, -0.05) is 19.9 Å². The van der Waals surface area contributed by atoms with Gasteiger partial charge in [-0.05, 0) is 56.7 Å². The second-order valence-corrected chi connectivity index (χ2v) is 9.75. The molecular weight excluding hydrogens is 489 g/mol. The Hall–Kier alpha value is -3.60. The van der Waals surface area contributed by atoms with Crippen molar-refractivity contribution in [2.75, 3.05) is 18.4 Å². The molecule has 3 rings (SSSR count). The van der Waals surface area contributed by atoms with Gasteiger partial charge in [-0.15, -0.1) is 0 Å². The monoisotopic (exact) mass is 520 g/mol. The van der Waals surface area contributed by atoms with Crippen molar-refractivity contribution in [3.05, 3.63) is 53.7 Å². The fraction of sp³-hybridized carbons (Fsp3) is 0.423. The van der Waals surface area contributed by atoms with Crippen LogP contribution in [0, 0.1) is 12.8 Å². The molecule has 1 atom stereocenters. The van der Waals surface area contributed by atoms with Crippen LogP contribution in [0.3, 0.4) is 0 Å². The minimum absolute atomic E-state index is 0.0630. The van der Waals surface area contributed by atoms with E-state index in [0.29, 0.717) is 27.8 Å². The lowest BCUT2D eigenvalue weighted by Gasteiger charge is -2.38. The summed E-state index contributed by atoms with van der Waals surface area (Å²) >= 11 is 0. The van der Waals surface area contributed by atoms with Crippen molar-refractivity contribution < 1.29 is 33.0 Å². The van der Waals surface area contributed by atoms with Crippen molar-refractivity contribution in [1.82, 2.24) is 14.7 Å². The van der Waals surface area contributed by atoms with Crippen LogP contribution in [0.15, 0.2) is 42.6 Å². The maximum Gasteiger partial charge on any atom is 0.420 e. The summed E-state index contributed by atoms with van der Waals surface area (Å²) in [7, 11) is 0. The third kappa shape index (κ3) is 5.87. The first-order valence-corrected chi connectivity index (χ1v) is 11.8. The van der Waals surface area contributed by atoms with Gasteiger partial charge in [0.25, 0.3) is 0 Å². The van der Waals surface area contributed by atoms with Gasteiger partial charge in [0.05, 0.1) is 36.1 Å². The van der Waals surface area contributed by atoms with Crippen LogP contribution in [0.5, 0.6) is 0 Å². The number of benzene rings is 2. The Morgan fingerprint density at radius 2 is 1.81 bits per heavy atom. The summed E-state index contributed by atoms with van der Waals surface area (Å²) in [5.74, 6) is -2.12. The van der Waals surface area contributed by atoms with Crippen molar-refractivity contribution in [3.63, 3.8) is 0 Å². The zero-order valence-electron chi connectivity index (χ0n) is 21.3. The maximum absolute atomic E-state index is 14.1. The first-order valence-electron chi connectivity index (χ1n) is 11.8. The molecule has 0 aliphatic carbocycles. The molecule has 1 heterocycles. The summed E-state index contributed by atoms with van der Waals surface area (Å²) in [6.45, 7) is 6.32. The number of anilines is 1. The molecule has 0 aliphatic rings. The van der Waals surface area contributed by atoms with E-state index in [9.17, 15) is 33.0 Å². The Morgan fingerprint density at radius 3 is 2.38 bits per heavy atom. The van der Waals surface area contributed by atoms with E-state index in [1.807, 2.05) is 0 Å².